The summed E-state index contributed by atoms with van der Waals surface area (Å²) in [5.41, 5.74) is 10.8. The fourth-order valence-electron chi connectivity index (χ4n) is 3.44. The Labute approximate surface area is 157 Å². The van der Waals surface area contributed by atoms with Crippen LogP contribution in [-0.2, 0) is 0 Å². The Kier molecular flexibility index (Phi) is 3.74. The average Bonchev–Trinajstić information content (AvgIpc) is 2.72. The second-order valence-electron chi connectivity index (χ2n) is 6.35. The minimum absolute atomic E-state index is 0.805. The molecule has 0 N–H and O–H groups in total. The minimum Gasteiger partial charge on any atom is -0.300 e. The summed E-state index contributed by atoms with van der Waals surface area (Å²) in [6.45, 7) is 0. The van der Waals surface area contributed by atoms with Gasteiger partial charge in [0.25, 0.3) is 0 Å². The lowest BCUT2D eigenvalue weighted by Gasteiger charge is -2.30. The first-order valence-electron chi connectivity index (χ1n) is 8.84. The third-order valence-corrected chi connectivity index (χ3v) is 4.66. The van der Waals surface area contributed by atoms with Gasteiger partial charge in [0, 0.05) is 47.4 Å². The molecule has 0 amide bonds. The third kappa shape index (κ3) is 2.78. The van der Waals surface area contributed by atoms with E-state index in [1.54, 1.807) is 0 Å². The van der Waals surface area contributed by atoms with Crippen LogP contribution < -0.4 is 4.90 Å². The molecule has 128 valence electrons. The molecule has 0 saturated heterocycles. The van der Waals surface area contributed by atoms with E-state index in [-0.39, 0.29) is 0 Å². The van der Waals surface area contributed by atoms with Gasteiger partial charge in [-0.2, -0.15) is 0 Å². The number of anilines is 2. The standard InChI is InChI=1S/C23H16N4/c1-2-11-26-22(8-1)18-5-3-7-19(14-18)27-20-13-17(6-4-10-24-15-20)21-9-12-25-16-23(21)27/h1-5,7-12,14-16H,6H2. The molecule has 2 bridgehead atoms. The molecule has 4 heteroatoms. The zero-order chi connectivity index (χ0) is 18.1. The van der Waals surface area contributed by atoms with Gasteiger partial charge in [-0.25, -0.2) is 0 Å². The maximum absolute atomic E-state index is 4.48. The van der Waals surface area contributed by atoms with Crippen LogP contribution in [0.25, 0.3) is 16.8 Å². The molecule has 4 heterocycles. The van der Waals surface area contributed by atoms with E-state index < -0.39 is 0 Å². The number of hydrogen-bond acceptors (Lipinski definition) is 4. The summed E-state index contributed by atoms with van der Waals surface area (Å²) in [7, 11) is 0. The molecule has 4 nitrogen and oxygen atoms in total. The number of nitrogens with zero attached hydrogens (tertiary/aromatic N) is 4. The van der Waals surface area contributed by atoms with Gasteiger partial charge in [0.05, 0.1) is 23.8 Å². The van der Waals surface area contributed by atoms with Crippen LogP contribution in [-0.4, -0.2) is 16.2 Å². The van der Waals surface area contributed by atoms with Gasteiger partial charge in [-0.15, -0.1) is 0 Å². The smallest absolute Gasteiger partial charge is 0.108 e. The summed E-state index contributed by atoms with van der Waals surface area (Å²) in [4.78, 5) is 15.4. The van der Waals surface area contributed by atoms with Crippen LogP contribution in [0.5, 0.6) is 0 Å². The highest BCUT2D eigenvalue weighted by Crippen LogP contribution is 2.40. The van der Waals surface area contributed by atoms with Crippen LogP contribution >= 0.6 is 0 Å². The van der Waals surface area contributed by atoms with Crippen molar-refractivity contribution in [3.8, 4) is 11.3 Å². The Morgan fingerprint density at radius 3 is 2.93 bits per heavy atom. The molecule has 1 aromatic carbocycles. The van der Waals surface area contributed by atoms with Crippen molar-refractivity contribution < 1.29 is 0 Å². The summed E-state index contributed by atoms with van der Waals surface area (Å²) in [6.07, 6.45) is 12.1. The highest BCUT2D eigenvalue weighted by Gasteiger charge is 2.23. The number of allylic oxidation sites excluding steroid dienone is 2. The van der Waals surface area contributed by atoms with Crippen molar-refractivity contribution in [2.45, 2.75) is 6.42 Å². The van der Waals surface area contributed by atoms with Crippen LogP contribution in [0, 0.1) is 0 Å². The Morgan fingerprint density at radius 2 is 2.00 bits per heavy atom. The Balaban J connectivity index is 1.70. The van der Waals surface area contributed by atoms with Crippen molar-refractivity contribution in [1.29, 1.82) is 0 Å². The number of rotatable bonds is 2. The van der Waals surface area contributed by atoms with Crippen molar-refractivity contribution >= 4 is 23.2 Å². The first kappa shape index (κ1) is 15.5. The molecule has 3 aromatic rings. The maximum Gasteiger partial charge on any atom is 0.108 e. The molecule has 2 aromatic heterocycles. The van der Waals surface area contributed by atoms with Crippen molar-refractivity contribution in [2.24, 2.45) is 4.99 Å². The first-order valence-corrected chi connectivity index (χ1v) is 8.84. The molecular formula is C23H16N4. The molecule has 0 radical (unpaired) electrons. The fraction of sp³-hybridized carbons (Fsp3) is 0.0435. The van der Waals surface area contributed by atoms with E-state index in [9.17, 15) is 0 Å². The zero-order valence-electron chi connectivity index (χ0n) is 14.6. The molecule has 2 aliphatic heterocycles. The molecule has 0 saturated carbocycles. The predicted molar refractivity (Wildman–Crippen MR) is 109 cm³/mol. The van der Waals surface area contributed by atoms with Gasteiger partial charge in [-0.3, -0.25) is 15.0 Å². The van der Waals surface area contributed by atoms with E-state index in [1.807, 2.05) is 49.2 Å². The summed E-state index contributed by atoms with van der Waals surface area (Å²) in [5, 5.41) is 0. The van der Waals surface area contributed by atoms with Crippen LogP contribution in [0.15, 0.2) is 95.8 Å². The summed E-state index contributed by atoms with van der Waals surface area (Å²) in [5.74, 6) is 0. The number of fused-ring (bicyclic) bond motifs is 2. The van der Waals surface area contributed by atoms with E-state index in [2.05, 4.69) is 62.0 Å². The van der Waals surface area contributed by atoms with Crippen LogP contribution in [0.4, 0.5) is 11.4 Å². The number of pyridine rings is 2. The fourth-order valence-corrected chi connectivity index (χ4v) is 3.44. The Morgan fingerprint density at radius 1 is 1.00 bits per heavy atom. The van der Waals surface area contributed by atoms with Crippen molar-refractivity contribution in [3.05, 3.63) is 96.4 Å². The summed E-state index contributed by atoms with van der Waals surface area (Å²) in [6, 6.07) is 16.4. The summed E-state index contributed by atoms with van der Waals surface area (Å²) < 4.78 is 0. The first-order chi connectivity index (χ1) is 13.4. The van der Waals surface area contributed by atoms with E-state index in [0.717, 1.165) is 45.9 Å². The lowest BCUT2D eigenvalue weighted by atomic mass is 9.97. The topological polar surface area (TPSA) is 41.4 Å². The Bertz CT molecular complexity index is 1140. The van der Waals surface area contributed by atoms with Gasteiger partial charge in [0.1, 0.15) is 5.70 Å². The lowest BCUT2D eigenvalue weighted by Crippen LogP contribution is -2.21. The second-order valence-corrected chi connectivity index (χ2v) is 6.35. The van der Waals surface area contributed by atoms with E-state index in [1.165, 1.54) is 0 Å². The number of aliphatic imine (C=N–C) groups is 1. The predicted octanol–water partition coefficient (Wildman–Crippen LogP) is 5.15. The van der Waals surface area contributed by atoms with Gasteiger partial charge in [-0.1, -0.05) is 30.0 Å². The van der Waals surface area contributed by atoms with Crippen molar-refractivity contribution in [3.63, 3.8) is 0 Å². The molecule has 0 unspecified atom stereocenters. The highest BCUT2D eigenvalue weighted by molar-refractivity contribution is 5.97. The zero-order valence-corrected chi connectivity index (χ0v) is 14.6. The van der Waals surface area contributed by atoms with Gasteiger partial charge in [-0.05, 0) is 30.3 Å². The molecule has 5 rings (SSSR count). The van der Waals surface area contributed by atoms with Crippen LogP contribution in [0.1, 0.15) is 12.0 Å². The SMILES string of the molecule is C1=C2CC=CN=CC=1N(c1cccc(-c3ccccn3)c1)c1cnccc12. The second kappa shape index (κ2) is 6.52. The van der Waals surface area contributed by atoms with Gasteiger partial charge in [0.2, 0.25) is 0 Å². The minimum atomic E-state index is 0.805. The number of hydrogen-bond donors (Lipinski definition) is 0. The molecular weight excluding hydrogens is 332 g/mol. The third-order valence-electron chi connectivity index (χ3n) is 4.66. The Hall–Kier alpha value is -3.75. The quantitative estimate of drug-likeness (QED) is 0.601. The van der Waals surface area contributed by atoms with E-state index >= 15 is 0 Å². The molecule has 0 atom stereocenters. The lowest BCUT2D eigenvalue weighted by molar-refractivity contribution is 1.16. The van der Waals surface area contributed by atoms with Crippen molar-refractivity contribution in [1.82, 2.24) is 9.97 Å². The molecule has 0 fully saturated rings. The average molecular weight is 348 g/mol. The molecule has 27 heavy (non-hydrogen) atoms. The van der Waals surface area contributed by atoms with Gasteiger partial charge in [0.15, 0.2) is 0 Å². The largest absolute Gasteiger partial charge is 0.300 e. The van der Waals surface area contributed by atoms with Crippen molar-refractivity contribution in [2.75, 3.05) is 4.90 Å². The highest BCUT2D eigenvalue weighted by atomic mass is 15.2. The number of benzene rings is 1. The molecule has 0 aliphatic carbocycles. The van der Waals surface area contributed by atoms with Crippen LogP contribution in [0.3, 0.4) is 0 Å². The van der Waals surface area contributed by atoms with Gasteiger partial charge >= 0.3 is 0 Å². The van der Waals surface area contributed by atoms with Gasteiger partial charge < -0.3 is 4.90 Å². The summed E-state index contributed by atoms with van der Waals surface area (Å²) >= 11 is 0. The maximum atomic E-state index is 4.48. The normalized spacial score (nSPS) is 14.7. The van der Waals surface area contributed by atoms with E-state index in [0.29, 0.717) is 0 Å². The molecule has 2 aliphatic rings. The van der Waals surface area contributed by atoms with E-state index in [4.69, 9.17) is 0 Å². The van der Waals surface area contributed by atoms with Crippen LogP contribution in [0.2, 0.25) is 0 Å². The number of aromatic nitrogens is 2. The monoisotopic (exact) mass is 348 g/mol. The molecule has 0 spiro atoms.